The van der Waals surface area contributed by atoms with Crippen molar-refractivity contribution in [3.8, 4) is 5.75 Å². The predicted molar refractivity (Wildman–Crippen MR) is 85.1 cm³/mol. The summed E-state index contributed by atoms with van der Waals surface area (Å²) in [7, 11) is -0.658. The van der Waals surface area contributed by atoms with E-state index in [-0.39, 0.29) is 22.3 Å². The maximum Gasteiger partial charge on any atom is 0.271 e. The van der Waals surface area contributed by atoms with Gasteiger partial charge in [0.25, 0.3) is 5.69 Å². The maximum absolute atomic E-state index is 12.9. The number of nitro benzene ring substituents is 1. The molecule has 9 heteroatoms. The van der Waals surface area contributed by atoms with Crippen molar-refractivity contribution in [3.63, 3.8) is 0 Å². The van der Waals surface area contributed by atoms with Crippen molar-refractivity contribution in [2.45, 2.75) is 17.7 Å². The average Bonchev–Trinajstić information content (AvgIpc) is 2.54. The molecular formula is C14H21N3O5S. The number of ether oxygens (including phenoxy) is 1. The van der Waals surface area contributed by atoms with E-state index in [1.54, 1.807) is 0 Å². The number of nitrogens with zero attached hydrogens (tertiary/aromatic N) is 2. The van der Waals surface area contributed by atoms with Crippen LogP contribution in [0.5, 0.6) is 5.75 Å². The van der Waals surface area contributed by atoms with Crippen LogP contribution in [0.15, 0.2) is 23.1 Å². The first kappa shape index (κ1) is 17.6. The third-order valence-electron chi connectivity index (χ3n) is 3.95. The standard InChI is InChI=1S/C14H21N3O5S/c1-15-9-11-4-3-7-16(10-11)23(20,21)14-8-12(17(18)19)5-6-13(14)22-2/h5-6,8,11,15H,3-4,7,9-10H2,1-2H3. The summed E-state index contributed by atoms with van der Waals surface area (Å²) in [5.41, 5.74) is -0.270. The molecule has 0 radical (unpaired) electrons. The molecule has 23 heavy (non-hydrogen) atoms. The van der Waals surface area contributed by atoms with Crippen LogP contribution < -0.4 is 10.1 Å². The normalized spacial score (nSPS) is 19.5. The molecular weight excluding hydrogens is 322 g/mol. The zero-order chi connectivity index (χ0) is 17.0. The van der Waals surface area contributed by atoms with Crippen LogP contribution in [0.4, 0.5) is 5.69 Å². The Kier molecular flexibility index (Phi) is 5.55. The quantitative estimate of drug-likeness (QED) is 0.615. The first-order valence-electron chi connectivity index (χ1n) is 7.37. The van der Waals surface area contributed by atoms with Gasteiger partial charge in [0, 0.05) is 25.2 Å². The number of piperidine rings is 1. The van der Waals surface area contributed by atoms with Gasteiger partial charge in [-0.05, 0) is 38.4 Å². The van der Waals surface area contributed by atoms with Gasteiger partial charge in [0.15, 0.2) is 0 Å². The second-order valence-corrected chi connectivity index (χ2v) is 7.43. The fourth-order valence-corrected chi connectivity index (χ4v) is 4.55. The Balaban J connectivity index is 2.38. The third kappa shape index (κ3) is 3.80. The smallest absolute Gasteiger partial charge is 0.271 e. The number of sulfonamides is 1. The highest BCUT2D eigenvalue weighted by Gasteiger charge is 2.33. The summed E-state index contributed by atoms with van der Waals surface area (Å²) >= 11 is 0. The van der Waals surface area contributed by atoms with Crippen LogP contribution in [0, 0.1) is 16.0 Å². The van der Waals surface area contributed by atoms with Gasteiger partial charge in [0.2, 0.25) is 10.0 Å². The van der Waals surface area contributed by atoms with Crippen LogP contribution in [-0.4, -0.2) is 51.4 Å². The molecule has 1 heterocycles. The van der Waals surface area contributed by atoms with Gasteiger partial charge < -0.3 is 10.1 Å². The Morgan fingerprint density at radius 3 is 2.83 bits per heavy atom. The topological polar surface area (TPSA) is 102 Å². The summed E-state index contributed by atoms with van der Waals surface area (Å²) in [6.45, 7) is 1.54. The lowest BCUT2D eigenvalue weighted by Gasteiger charge is -2.32. The highest BCUT2D eigenvalue weighted by atomic mass is 32.2. The van der Waals surface area contributed by atoms with Crippen LogP contribution in [0.25, 0.3) is 0 Å². The Morgan fingerprint density at radius 2 is 2.22 bits per heavy atom. The Morgan fingerprint density at radius 1 is 1.48 bits per heavy atom. The summed E-state index contributed by atoms with van der Waals surface area (Å²) in [5.74, 6) is 0.347. The summed E-state index contributed by atoms with van der Waals surface area (Å²) in [4.78, 5) is 10.2. The van der Waals surface area contributed by atoms with Crippen LogP contribution in [-0.2, 0) is 10.0 Å². The number of benzene rings is 1. The largest absolute Gasteiger partial charge is 0.495 e. The zero-order valence-electron chi connectivity index (χ0n) is 13.2. The van der Waals surface area contributed by atoms with Gasteiger partial charge in [0.05, 0.1) is 12.0 Å². The van der Waals surface area contributed by atoms with E-state index in [0.717, 1.165) is 25.5 Å². The number of methoxy groups -OCH3 is 1. The highest BCUT2D eigenvalue weighted by molar-refractivity contribution is 7.89. The van der Waals surface area contributed by atoms with Gasteiger partial charge in [0.1, 0.15) is 10.6 Å². The second kappa shape index (κ2) is 7.24. The maximum atomic E-state index is 12.9. The Bertz CT molecular complexity index is 675. The van der Waals surface area contributed by atoms with Crippen molar-refractivity contribution in [1.82, 2.24) is 9.62 Å². The summed E-state index contributed by atoms with van der Waals surface area (Å²) in [5, 5.41) is 14.0. The van der Waals surface area contributed by atoms with Crippen molar-refractivity contribution >= 4 is 15.7 Å². The Hall–Kier alpha value is -1.71. The molecule has 1 saturated heterocycles. The first-order chi connectivity index (χ1) is 10.9. The van der Waals surface area contributed by atoms with Gasteiger partial charge >= 0.3 is 0 Å². The van der Waals surface area contributed by atoms with Gasteiger partial charge in [-0.15, -0.1) is 0 Å². The molecule has 128 valence electrons. The molecule has 0 aliphatic carbocycles. The zero-order valence-corrected chi connectivity index (χ0v) is 14.0. The lowest BCUT2D eigenvalue weighted by atomic mass is 10.00. The monoisotopic (exact) mass is 343 g/mol. The van der Waals surface area contributed by atoms with Crippen LogP contribution in [0.1, 0.15) is 12.8 Å². The molecule has 1 aliphatic heterocycles. The molecule has 0 saturated carbocycles. The predicted octanol–water partition coefficient (Wildman–Crippen LogP) is 1.22. The molecule has 1 atom stereocenters. The van der Waals surface area contributed by atoms with E-state index in [4.69, 9.17) is 4.74 Å². The highest BCUT2D eigenvalue weighted by Crippen LogP contribution is 2.32. The molecule has 0 amide bonds. The SMILES string of the molecule is CNCC1CCCN(S(=O)(=O)c2cc([N+](=O)[O-])ccc2OC)C1. The number of non-ortho nitro benzene ring substituents is 1. The van der Waals surface area contributed by atoms with E-state index in [2.05, 4.69) is 5.32 Å². The van der Waals surface area contributed by atoms with Gasteiger partial charge in [-0.2, -0.15) is 4.31 Å². The minimum atomic E-state index is -3.84. The third-order valence-corrected chi connectivity index (χ3v) is 5.84. The van der Waals surface area contributed by atoms with E-state index in [1.807, 2.05) is 7.05 Å². The minimum Gasteiger partial charge on any atom is -0.495 e. The van der Waals surface area contributed by atoms with Crippen LogP contribution >= 0.6 is 0 Å². The molecule has 1 aliphatic rings. The molecule has 2 rings (SSSR count). The van der Waals surface area contributed by atoms with Crippen molar-refractivity contribution < 1.29 is 18.1 Å². The van der Waals surface area contributed by atoms with Gasteiger partial charge in [-0.3, -0.25) is 10.1 Å². The number of nitro groups is 1. The summed E-state index contributed by atoms with van der Waals surface area (Å²) < 4.78 is 32.3. The van der Waals surface area contributed by atoms with E-state index in [9.17, 15) is 18.5 Å². The number of nitrogens with one attached hydrogen (secondary N) is 1. The molecule has 1 N–H and O–H groups in total. The van der Waals surface area contributed by atoms with Crippen molar-refractivity contribution in [2.75, 3.05) is 33.8 Å². The van der Waals surface area contributed by atoms with E-state index in [1.165, 1.54) is 23.5 Å². The van der Waals surface area contributed by atoms with E-state index < -0.39 is 14.9 Å². The molecule has 0 aromatic heterocycles. The molecule has 8 nitrogen and oxygen atoms in total. The van der Waals surface area contributed by atoms with E-state index >= 15 is 0 Å². The second-order valence-electron chi connectivity index (χ2n) is 5.52. The van der Waals surface area contributed by atoms with Crippen molar-refractivity contribution in [1.29, 1.82) is 0 Å². The number of hydrogen-bond donors (Lipinski definition) is 1. The van der Waals surface area contributed by atoms with Crippen molar-refractivity contribution in [2.24, 2.45) is 5.92 Å². The van der Waals surface area contributed by atoms with Crippen molar-refractivity contribution in [3.05, 3.63) is 28.3 Å². The van der Waals surface area contributed by atoms with E-state index in [0.29, 0.717) is 13.1 Å². The molecule has 0 bridgehead atoms. The fourth-order valence-electron chi connectivity index (χ4n) is 2.82. The lowest BCUT2D eigenvalue weighted by molar-refractivity contribution is -0.385. The molecule has 0 spiro atoms. The number of rotatable bonds is 6. The first-order valence-corrected chi connectivity index (χ1v) is 8.81. The minimum absolute atomic E-state index is 0.117. The number of hydrogen-bond acceptors (Lipinski definition) is 6. The fraction of sp³-hybridized carbons (Fsp3) is 0.571. The van der Waals surface area contributed by atoms with Gasteiger partial charge in [-0.1, -0.05) is 0 Å². The van der Waals surface area contributed by atoms with Crippen LogP contribution in [0.3, 0.4) is 0 Å². The summed E-state index contributed by atoms with van der Waals surface area (Å²) in [6.07, 6.45) is 1.72. The molecule has 1 unspecified atom stereocenters. The van der Waals surface area contributed by atoms with Crippen LogP contribution in [0.2, 0.25) is 0 Å². The molecule has 1 fully saturated rings. The lowest BCUT2D eigenvalue weighted by Crippen LogP contribution is -2.42. The Labute approximate surface area is 135 Å². The van der Waals surface area contributed by atoms with Gasteiger partial charge in [-0.25, -0.2) is 8.42 Å². The molecule has 1 aromatic carbocycles. The summed E-state index contributed by atoms with van der Waals surface area (Å²) in [6, 6.07) is 3.62. The molecule has 1 aromatic rings. The average molecular weight is 343 g/mol.